The number of urea groups is 1. The van der Waals surface area contributed by atoms with E-state index in [0.717, 1.165) is 10.6 Å². The number of rotatable bonds is 5. The van der Waals surface area contributed by atoms with Crippen molar-refractivity contribution in [3.05, 3.63) is 99.5 Å². The SMILES string of the molecule is Cc1cc(C=C2NC(=O)N(CC(=O)Nc3ccccc3)C2=O)c(C)n1-n1c(C)nc2ccccc2c1=O. The van der Waals surface area contributed by atoms with E-state index in [-0.39, 0.29) is 11.3 Å². The molecule has 0 aliphatic carbocycles. The van der Waals surface area contributed by atoms with Crippen LogP contribution in [-0.2, 0) is 9.59 Å². The van der Waals surface area contributed by atoms with Crippen molar-refractivity contribution in [2.75, 3.05) is 11.9 Å². The quantitative estimate of drug-likeness (QED) is 0.325. The Morgan fingerprint density at radius 3 is 2.43 bits per heavy atom. The van der Waals surface area contributed by atoms with Crippen molar-refractivity contribution in [2.24, 2.45) is 0 Å². The van der Waals surface area contributed by atoms with Crippen LogP contribution in [0.5, 0.6) is 0 Å². The van der Waals surface area contributed by atoms with Crippen molar-refractivity contribution in [2.45, 2.75) is 20.8 Å². The van der Waals surface area contributed by atoms with Crippen LogP contribution in [0, 0.1) is 20.8 Å². The highest BCUT2D eigenvalue weighted by molar-refractivity contribution is 6.16. The number of aromatic nitrogens is 3. The highest BCUT2D eigenvalue weighted by Gasteiger charge is 2.35. The lowest BCUT2D eigenvalue weighted by Crippen LogP contribution is -2.38. The molecular formula is C27H24N6O4. The molecule has 0 atom stereocenters. The van der Waals surface area contributed by atoms with Crippen molar-refractivity contribution in [1.29, 1.82) is 0 Å². The van der Waals surface area contributed by atoms with Crippen molar-refractivity contribution >= 4 is 40.5 Å². The maximum absolute atomic E-state index is 13.3. The molecular weight excluding hydrogens is 472 g/mol. The molecule has 0 bridgehead atoms. The molecule has 186 valence electrons. The fourth-order valence-corrected chi connectivity index (χ4v) is 4.44. The Kier molecular flexibility index (Phi) is 5.92. The molecule has 5 rings (SSSR count). The van der Waals surface area contributed by atoms with E-state index < -0.39 is 24.4 Å². The molecule has 0 radical (unpaired) electrons. The highest BCUT2D eigenvalue weighted by Crippen LogP contribution is 2.21. The molecule has 1 aliphatic heterocycles. The van der Waals surface area contributed by atoms with E-state index in [0.29, 0.717) is 33.7 Å². The highest BCUT2D eigenvalue weighted by atomic mass is 16.2. The average Bonchev–Trinajstić information content (AvgIpc) is 3.29. The van der Waals surface area contributed by atoms with E-state index in [2.05, 4.69) is 15.6 Å². The lowest BCUT2D eigenvalue weighted by atomic mass is 10.2. The third kappa shape index (κ3) is 4.29. The molecule has 0 saturated carbocycles. The molecule has 0 unspecified atom stereocenters. The van der Waals surface area contributed by atoms with Gasteiger partial charge in [0.25, 0.3) is 11.5 Å². The number of amides is 4. The van der Waals surface area contributed by atoms with Crippen LogP contribution in [0.4, 0.5) is 10.5 Å². The number of nitrogens with zero attached hydrogens (tertiary/aromatic N) is 4. The van der Waals surface area contributed by atoms with Gasteiger partial charge in [-0.2, -0.15) is 4.68 Å². The molecule has 0 spiro atoms. The maximum Gasteiger partial charge on any atom is 0.329 e. The first kappa shape index (κ1) is 23.7. The van der Waals surface area contributed by atoms with E-state index in [1.807, 2.05) is 32.0 Å². The van der Waals surface area contributed by atoms with Gasteiger partial charge in [0.1, 0.15) is 18.1 Å². The number of aryl methyl sites for hydroxylation is 2. The molecule has 37 heavy (non-hydrogen) atoms. The Morgan fingerprint density at radius 1 is 0.973 bits per heavy atom. The van der Waals surface area contributed by atoms with Crippen molar-refractivity contribution in [1.82, 2.24) is 24.6 Å². The zero-order valence-electron chi connectivity index (χ0n) is 20.5. The molecule has 1 saturated heterocycles. The number of hydrogen-bond acceptors (Lipinski definition) is 5. The van der Waals surface area contributed by atoms with Gasteiger partial charge in [-0.25, -0.2) is 14.7 Å². The molecule has 1 aliphatic rings. The summed E-state index contributed by atoms with van der Waals surface area (Å²) in [6.45, 7) is 4.98. The lowest BCUT2D eigenvalue weighted by molar-refractivity contribution is -0.127. The predicted molar refractivity (Wildman–Crippen MR) is 139 cm³/mol. The topological polar surface area (TPSA) is 118 Å². The van der Waals surface area contributed by atoms with Crippen LogP contribution in [0.3, 0.4) is 0 Å². The molecule has 4 amide bonds. The monoisotopic (exact) mass is 496 g/mol. The second-order valence-corrected chi connectivity index (χ2v) is 8.73. The van der Waals surface area contributed by atoms with Crippen LogP contribution in [0.15, 0.2) is 71.2 Å². The number of carbonyl (C=O) groups excluding carboxylic acids is 3. The summed E-state index contributed by atoms with van der Waals surface area (Å²) in [4.78, 5) is 56.6. The second-order valence-electron chi connectivity index (χ2n) is 8.73. The minimum atomic E-state index is -0.681. The van der Waals surface area contributed by atoms with Crippen LogP contribution in [0.1, 0.15) is 22.8 Å². The lowest BCUT2D eigenvalue weighted by Gasteiger charge is -2.16. The Bertz CT molecular complexity index is 1670. The molecule has 10 nitrogen and oxygen atoms in total. The summed E-state index contributed by atoms with van der Waals surface area (Å²) in [7, 11) is 0. The van der Waals surface area contributed by atoms with E-state index in [1.54, 1.807) is 60.1 Å². The third-order valence-electron chi connectivity index (χ3n) is 6.17. The first-order valence-corrected chi connectivity index (χ1v) is 11.6. The van der Waals surface area contributed by atoms with Crippen LogP contribution in [0.2, 0.25) is 0 Å². The number of benzene rings is 2. The zero-order valence-corrected chi connectivity index (χ0v) is 20.5. The van der Waals surface area contributed by atoms with Gasteiger partial charge in [-0.05, 0) is 62.7 Å². The third-order valence-corrected chi connectivity index (χ3v) is 6.17. The summed E-state index contributed by atoms with van der Waals surface area (Å²) in [5.41, 5.74) is 3.05. The number of hydrogen-bond donors (Lipinski definition) is 2. The molecule has 2 aromatic carbocycles. The standard InChI is InChI=1S/C27H24N6O4/c1-16-13-19(17(2)32(16)33-18(3)28-22-12-8-7-11-21(22)25(33)35)14-23-26(36)31(27(37)30-23)15-24(34)29-20-9-5-4-6-10-20/h4-14H,15H2,1-3H3,(H,29,34)(H,30,37). The number of anilines is 1. The Balaban J connectivity index is 1.44. The van der Waals surface area contributed by atoms with E-state index in [1.165, 1.54) is 4.68 Å². The summed E-state index contributed by atoms with van der Waals surface area (Å²) in [5, 5.41) is 5.69. The van der Waals surface area contributed by atoms with Gasteiger partial charge in [0.2, 0.25) is 5.91 Å². The number of nitrogens with one attached hydrogen (secondary N) is 2. The number of imide groups is 1. The average molecular weight is 497 g/mol. The smallest absolute Gasteiger partial charge is 0.325 e. The largest absolute Gasteiger partial charge is 0.329 e. The number of para-hydroxylation sites is 2. The van der Waals surface area contributed by atoms with Crippen LogP contribution >= 0.6 is 0 Å². The summed E-state index contributed by atoms with van der Waals surface area (Å²) >= 11 is 0. The van der Waals surface area contributed by atoms with Crippen molar-refractivity contribution < 1.29 is 14.4 Å². The van der Waals surface area contributed by atoms with E-state index in [9.17, 15) is 19.2 Å². The molecule has 1 fully saturated rings. The zero-order chi connectivity index (χ0) is 26.3. The Morgan fingerprint density at radius 2 is 1.68 bits per heavy atom. The van der Waals surface area contributed by atoms with Gasteiger partial charge >= 0.3 is 6.03 Å². The number of carbonyl (C=O) groups is 3. The first-order chi connectivity index (χ1) is 17.7. The van der Waals surface area contributed by atoms with Gasteiger partial charge in [-0.3, -0.25) is 19.1 Å². The minimum Gasteiger partial charge on any atom is -0.325 e. The molecule has 3 heterocycles. The van der Waals surface area contributed by atoms with Crippen molar-refractivity contribution in [3.63, 3.8) is 0 Å². The summed E-state index contributed by atoms with van der Waals surface area (Å²) in [5.74, 6) is -0.600. The van der Waals surface area contributed by atoms with Gasteiger partial charge in [0.05, 0.1) is 10.9 Å². The van der Waals surface area contributed by atoms with Gasteiger partial charge in [-0.1, -0.05) is 30.3 Å². The van der Waals surface area contributed by atoms with Gasteiger partial charge in [-0.15, -0.1) is 0 Å². The predicted octanol–water partition coefficient (Wildman–Crippen LogP) is 2.97. The van der Waals surface area contributed by atoms with Crippen LogP contribution in [0.25, 0.3) is 17.0 Å². The molecule has 2 aromatic heterocycles. The van der Waals surface area contributed by atoms with Crippen LogP contribution < -0.4 is 16.2 Å². The Labute approximate surface area is 211 Å². The second kappa shape index (κ2) is 9.23. The molecule has 2 N–H and O–H groups in total. The maximum atomic E-state index is 13.3. The first-order valence-electron chi connectivity index (χ1n) is 11.6. The summed E-state index contributed by atoms with van der Waals surface area (Å²) in [6, 6.07) is 17.0. The normalized spacial score (nSPS) is 14.5. The molecule has 10 heteroatoms. The minimum absolute atomic E-state index is 0.0402. The Hall–Kier alpha value is -4.99. The summed E-state index contributed by atoms with van der Waals surface area (Å²) < 4.78 is 3.22. The fourth-order valence-electron chi connectivity index (χ4n) is 4.44. The summed E-state index contributed by atoms with van der Waals surface area (Å²) in [6.07, 6.45) is 1.54. The van der Waals surface area contributed by atoms with E-state index in [4.69, 9.17) is 0 Å². The fraction of sp³-hybridized carbons (Fsp3) is 0.148. The van der Waals surface area contributed by atoms with E-state index >= 15 is 0 Å². The van der Waals surface area contributed by atoms with Gasteiger partial charge in [0.15, 0.2) is 0 Å². The van der Waals surface area contributed by atoms with Gasteiger partial charge < -0.3 is 10.6 Å². The van der Waals surface area contributed by atoms with Crippen molar-refractivity contribution in [3.8, 4) is 0 Å². The molecule has 4 aromatic rings. The van der Waals surface area contributed by atoms with Gasteiger partial charge in [0, 0.05) is 17.1 Å². The van der Waals surface area contributed by atoms with Crippen LogP contribution in [-0.4, -0.2) is 43.6 Å². The number of fused-ring (bicyclic) bond motifs is 1.